The fraction of sp³-hybridized carbons (Fsp3) is 0.600. The Morgan fingerprint density at radius 3 is 2.72 bits per heavy atom. The molecule has 0 N–H and O–H groups in total. The molecule has 0 bridgehead atoms. The Balaban J connectivity index is 1.61. The molecule has 0 spiro atoms. The fourth-order valence-corrected chi connectivity index (χ4v) is 2.14. The summed E-state index contributed by atoms with van der Waals surface area (Å²) in [7, 11) is 2.17. The number of likely N-dealkylation sites (N-methyl/N-ethyl adjacent to an activating group) is 1. The van der Waals surface area contributed by atoms with Crippen LogP contribution in [0, 0.1) is 0 Å². The lowest BCUT2D eigenvalue weighted by molar-refractivity contribution is -0.0922. The lowest BCUT2D eigenvalue weighted by atomic mass is 10.1. The van der Waals surface area contributed by atoms with Gasteiger partial charge in [0.25, 0.3) is 0 Å². The third kappa shape index (κ3) is 4.77. The molecule has 1 aliphatic heterocycles. The summed E-state index contributed by atoms with van der Waals surface area (Å²) >= 11 is 0. The van der Waals surface area contributed by atoms with Gasteiger partial charge in [-0.1, -0.05) is 30.3 Å². The summed E-state index contributed by atoms with van der Waals surface area (Å²) in [6.45, 7) is 4.42. The third-order valence-corrected chi connectivity index (χ3v) is 3.34. The van der Waals surface area contributed by atoms with Crippen LogP contribution in [0.2, 0.25) is 0 Å². The first-order chi connectivity index (χ1) is 8.84. The van der Waals surface area contributed by atoms with Crippen molar-refractivity contribution in [1.29, 1.82) is 0 Å². The van der Waals surface area contributed by atoms with Crippen LogP contribution in [0.15, 0.2) is 30.3 Å². The summed E-state index contributed by atoms with van der Waals surface area (Å²) in [5.41, 5.74) is 1.40. The molecule has 1 unspecified atom stereocenters. The normalized spacial score (nSPS) is 20.2. The van der Waals surface area contributed by atoms with Gasteiger partial charge < -0.3 is 14.4 Å². The molecular weight excluding hydrogens is 226 g/mol. The molecule has 0 aromatic heterocycles. The van der Waals surface area contributed by atoms with Crippen LogP contribution in [0.3, 0.4) is 0 Å². The summed E-state index contributed by atoms with van der Waals surface area (Å²) in [4.78, 5) is 2.37. The minimum atomic E-state index is 0.290. The molecule has 3 heteroatoms. The van der Waals surface area contributed by atoms with Gasteiger partial charge in [0, 0.05) is 13.1 Å². The van der Waals surface area contributed by atoms with E-state index in [9.17, 15) is 0 Å². The van der Waals surface area contributed by atoms with Gasteiger partial charge in [0.2, 0.25) is 0 Å². The highest BCUT2D eigenvalue weighted by molar-refractivity contribution is 5.14. The van der Waals surface area contributed by atoms with E-state index in [1.807, 2.05) is 0 Å². The molecule has 100 valence electrons. The van der Waals surface area contributed by atoms with Gasteiger partial charge in [-0.3, -0.25) is 0 Å². The quantitative estimate of drug-likeness (QED) is 0.769. The molecule has 0 radical (unpaired) electrons. The Hall–Kier alpha value is -0.900. The van der Waals surface area contributed by atoms with Crippen LogP contribution in [0.1, 0.15) is 12.0 Å². The van der Waals surface area contributed by atoms with E-state index >= 15 is 0 Å². The van der Waals surface area contributed by atoms with Crippen LogP contribution >= 0.6 is 0 Å². The minimum absolute atomic E-state index is 0.290. The van der Waals surface area contributed by atoms with Gasteiger partial charge in [-0.15, -0.1) is 0 Å². The lowest BCUT2D eigenvalue weighted by Gasteiger charge is -2.25. The highest BCUT2D eigenvalue weighted by Gasteiger charge is 2.14. The number of hydrogen-bond acceptors (Lipinski definition) is 3. The standard InChI is InChI=1S/C15H23NO2/c1-16(9-7-14-5-3-2-4-6-14)10-8-15-13-17-11-12-18-15/h2-6,15H,7-13H2,1H3. The zero-order valence-corrected chi connectivity index (χ0v) is 11.2. The average Bonchev–Trinajstić information content (AvgIpc) is 2.45. The zero-order valence-electron chi connectivity index (χ0n) is 11.2. The van der Waals surface area contributed by atoms with Crippen molar-refractivity contribution in [1.82, 2.24) is 4.90 Å². The van der Waals surface area contributed by atoms with Crippen LogP contribution in [0.5, 0.6) is 0 Å². The first-order valence-electron chi connectivity index (χ1n) is 6.76. The van der Waals surface area contributed by atoms with E-state index in [1.165, 1.54) is 5.56 Å². The van der Waals surface area contributed by atoms with Gasteiger partial charge in [-0.2, -0.15) is 0 Å². The van der Waals surface area contributed by atoms with Crippen LogP contribution in [0.4, 0.5) is 0 Å². The van der Waals surface area contributed by atoms with Crippen molar-refractivity contribution in [3.63, 3.8) is 0 Å². The average molecular weight is 249 g/mol. The van der Waals surface area contributed by atoms with Gasteiger partial charge >= 0.3 is 0 Å². The highest BCUT2D eigenvalue weighted by Crippen LogP contribution is 2.06. The molecule has 0 amide bonds. The van der Waals surface area contributed by atoms with E-state index in [-0.39, 0.29) is 6.10 Å². The van der Waals surface area contributed by atoms with E-state index in [1.54, 1.807) is 0 Å². The lowest BCUT2D eigenvalue weighted by Crippen LogP contribution is -2.33. The largest absolute Gasteiger partial charge is 0.376 e. The minimum Gasteiger partial charge on any atom is -0.376 e. The number of ether oxygens (including phenoxy) is 2. The van der Waals surface area contributed by atoms with Crippen LogP contribution in [-0.4, -0.2) is 51.0 Å². The van der Waals surface area contributed by atoms with Crippen molar-refractivity contribution in [2.45, 2.75) is 18.9 Å². The SMILES string of the molecule is CN(CCc1ccccc1)CCC1COCCO1. The Kier molecular flexibility index (Phi) is 5.65. The number of benzene rings is 1. The first kappa shape index (κ1) is 13.5. The molecule has 1 aromatic carbocycles. The molecule has 1 fully saturated rings. The molecule has 3 nitrogen and oxygen atoms in total. The van der Waals surface area contributed by atoms with Crippen molar-refractivity contribution in [2.24, 2.45) is 0 Å². The number of hydrogen-bond donors (Lipinski definition) is 0. The molecular formula is C15H23NO2. The van der Waals surface area contributed by atoms with Crippen LogP contribution in [0.25, 0.3) is 0 Å². The smallest absolute Gasteiger partial charge is 0.0821 e. The van der Waals surface area contributed by atoms with Crippen LogP contribution in [-0.2, 0) is 15.9 Å². The predicted molar refractivity (Wildman–Crippen MR) is 72.8 cm³/mol. The van der Waals surface area contributed by atoms with E-state index in [2.05, 4.69) is 42.3 Å². The predicted octanol–water partition coefficient (Wildman–Crippen LogP) is 1.97. The Bertz CT molecular complexity index is 323. The maximum Gasteiger partial charge on any atom is 0.0821 e. The molecule has 0 saturated carbocycles. The second kappa shape index (κ2) is 7.52. The molecule has 1 atom stereocenters. The summed E-state index contributed by atoms with van der Waals surface area (Å²) in [5, 5.41) is 0. The second-order valence-electron chi connectivity index (χ2n) is 4.90. The molecule has 1 heterocycles. The monoisotopic (exact) mass is 249 g/mol. The topological polar surface area (TPSA) is 21.7 Å². The van der Waals surface area contributed by atoms with E-state index in [0.29, 0.717) is 0 Å². The fourth-order valence-electron chi connectivity index (χ4n) is 2.14. The summed E-state index contributed by atoms with van der Waals surface area (Å²) in [6.07, 6.45) is 2.46. The summed E-state index contributed by atoms with van der Waals surface area (Å²) in [6, 6.07) is 10.6. The number of rotatable bonds is 6. The summed E-state index contributed by atoms with van der Waals surface area (Å²) in [5.74, 6) is 0. The van der Waals surface area contributed by atoms with Crippen molar-refractivity contribution in [3.8, 4) is 0 Å². The molecule has 18 heavy (non-hydrogen) atoms. The van der Waals surface area contributed by atoms with Gasteiger partial charge in [0.15, 0.2) is 0 Å². The highest BCUT2D eigenvalue weighted by atomic mass is 16.6. The van der Waals surface area contributed by atoms with Crippen molar-refractivity contribution in [3.05, 3.63) is 35.9 Å². The van der Waals surface area contributed by atoms with Gasteiger partial charge in [0.05, 0.1) is 25.9 Å². The first-order valence-corrected chi connectivity index (χ1v) is 6.76. The maximum absolute atomic E-state index is 5.64. The van der Waals surface area contributed by atoms with Crippen molar-refractivity contribution in [2.75, 3.05) is 40.0 Å². The van der Waals surface area contributed by atoms with E-state index in [0.717, 1.165) is 45.8 Å². The molecule has 1 saturated heterocycles. The van der Waals surface area contributed by atoms with Crippen molar-refractivity contribution >= 4 is 0 Å². The number of nitrogens with zero attached hydrogens (tertiary/aromatic N) is 1. The van der Waals surface area contributed by atoms with E-state index in [4.69, 9.17) is 9.47 Å². The maximum atomic E-state index is 5.64. The van der Waals surface area contributed by atoms with Gasteiger partial charge in [-0.05, 0) is 25.5 Å². The second-order valence-corrected chi connectivity index (χ2v) is 4.90. The Labute approximate surface area is 110 Å². The Morgan fingerprint density at radius 1 is 1.17 bits per heavy atom. The molecule has 1 aromatic rings. The molecule has 1 aliphatic rings. The molecule has 2 rings (SSSR count). The third-order valence-electron chi connectivity index (χ3n) is 3.34. The Morgan fingerprint density at radius 2 is 2.00 bits per heavy atom. The zero-order chi connectivity index (χ0) is 12.6. The van der Waals surface area contributed by atoms with Crippen molar-refractivity contribution < 1.29 is 9.47 Å². The van der Waals surface area contributed by atoms with E-state index < -0.39 is 0 Å². The summed E-state index contributed by atoms with van der Waals surface area (Å²) < 4.78 is 11.0. The van der Waals surface area contributed by atoms with Gasteiger partial charge in [0.1, 0.15) is 0 Å². The molecule has 0 aliphatic carbocycles. The van der Waals surface area contributed by atoms with Crippen LogP contribution < -0.4 is 0 Å². The van der Waals surface area contributed by atoms with Gasteiger partial charge in [-0.25, -0.2) is 0 Å².